The van der Waals surface area contributed by atoms with Crippen molar-refractivity contribution in [3.63, 3.8) is 0 Å². The lowest BCUT2D eigenvalue weighted by Crippen LogP contribution is -2.46. The smallest absolute Gasteiger partial charge is 0.268 e. The largest absolute Gasteiger partial charge is 0.371 e. The first-order chi connectivity index (χ1) is 17.2. The van der Waals surface area contributed by atoms with E-state index < -0.39 is 0 Å². The first kappa shape index (κ1) is 23.6. The average Bonchev–Trinajstić information content (AvgIpc) is 3.36. The van der Waals surface area contributed by atoms with Crippen LogP contribution in [0, 0.1) is 11.8 Å². The van der Waals surface area contributed by atoms with E-state index in [0.29, 0.717) is 5.56 Å². The summed E-state index contributed by atoms with van der Waals surface area (Å²) in [5.74, 6) is 6.78. The minimum atomic E-state index is -0.0214. The summed E-state index contributed by atoms with van der Waals surface area (Å²) in [4.78, 5) is 18.6. The number of hydrogen-bond acceptors (Lipinski definition) is 5. The molecule has 0 amide bonds. The van der Waals surface area contributed by atoms with Gasteiger partial charge in [0.25, 0.3) is 5.56 Å². The number of pyridine rings is 1. The van der Waals surface area contributed by atoms with Crippen LogP contribution in [0.5, 0.6) is 0 Å². The summed E-state index contributed by atoms with van der Waals surface area (Å²) in [5, 5.41) is 7.94. The SMILES string of the molecule is CC#Cc1cc2c(n(C3CCCC3)c1=O)=NC(Nc1ccc(C3CNCCO3)cc1)=C(CC)CC=2. The zero-order chi connectivity index (χ0) is 24.2. The van der Waals surface area contributed by atoms with Gasteiger partial charge in [-0.2, -0.15) is 0 Å². The maximum atomic E-state index is 13.5. The highest BCUT2D eigenvalue weighted by Crippen LogP contribution is 2.28. The Balaban J connectivity index is 1.55. The van der Waals surface area contributed by atoms with E-state index in [-0.39, 0.29) is 17.7 Å². The van der Waals surface area contributed by atoms with Crippen LogP contribution in [0.3, 0.4) is 0 Å². The zero-order valence-corrected chi connectivity index (χ0v) is 20.7. The fraction of sp³-hybridized carbons (Fsp3) is 0.448. The van der Waals surface area contributed by atoms with Crippen molar-refractivity contribution >= 4 is 11.8 Å². The van der Waals surface area contributed by atoms with Crippen molar-refractivity contribution in [3.05, 3.63) is 73.9 Å². The Hall–Kier alpha value is -3.14. The number of nitrogens with one attached hydrogen (secondary N) is 2. The molecule has 0 spiro atoms. The van der Waals surface area contributed by atoms with Gasteiger partial charge in [0.15, 0.2) is 0 Å². The molecule has 2 aromatic rings. The maximum absolute atomic E-state index is 13.5. The van der Waals surface area contributed by atoms with E-state index in [1.807, 2.05) is 10.6 Å². The van der Waals surface area contributed by atoms with Gasteiger partial charge in [-0.05, 0) is 61.9 Å². The van der Waals surface area contributed by atoms with Gasteiger partial charge in [0.05, 0.1) is 18.3 Å². The number of benzene rings is 1. The molecule has 0 radical (unpaired) electrons. The molecule has 182 valence electrons. The average molecular weight is 471 g/mol. The number of anilines is 1. The van der Waals surface area contributed by atoms with Gasteiger partial charge in [-0.1, -0.05) is 43.9 Å². The molecule has 3 heterocycles. The number of aromatic nitrogens is 1. The first-order valence-electron chi connectivity index (χ1n) is 12.9. The number of rotatable bonds is 5. The lowest BCUT2D eigenvalue weighted by molar-refractivity contribution is 0.0277. The molecule has 2 aliphatic heterocycles. The van der Waals surface area contributed by atoms with Crippen LogP contribution < -0.4 is 26.9 Å². The van der Waals surface area contributed by atoms with E-state index in [9.17, 15) is 4.79 Å². The van der Waals surface area contributed by atoms with Crippen LogP contribution >= 0.6 is 0 Å². The van der Waals surface area contributed by atoms with Crippen LogP contribution in [0.25, 0.3) is 6.08 Å². The standard InChI is InChI=1S/C29H34N4O2/c1-3-7-23-18-22-11-10-20(4-2)27(32-28(22)33(29(23)34)25-8-5-6-9-25)31-24-14-12-21(13-15-24)26-19-30-16-17-35-26/h11-15,18,25-26,30-31H,4-6,8-10,16-17,19H2,1-2H3. The third-order valence-electron chi connectivity index (χ3n) is 7.21. The zero-order valence-electron chi connectivity index (χ0n) is 20.7. The van der Waals surface area contributed by atoms with Gasteiger partial charge in [0.2, 0.25) is 0 Å². The van der Waals surface area contributed by atoms with E-state index in [0.717, 1.165) is 80.4 Å². The molecule has 2 fully saturated rings. The highest BCUT2D eigenvalue weighted by molar-refractivity contribution is 5.52. The van der Waals surface area contributed by atoms with Gasteiger partial charge in [-0.25, -0.2) is 4.99 Å². The predicted molar refractivity (Wildman–Crippen MR) is 140 cm³/mol. The summed E-state index contributed by atoms with van der Waals surface area (Å²) in [6.45, 7) is 6.41. The van der Waals surface area contributed by atoms with Gasteiger partial charge in [-0.3, -0.25) is 9.36 Å². The lowest BCUT2D eigenvalue weighted by Gasteiger charge is -2.24. The second-order valence-corrected chi connectivity index (χ2v) is 9.46. The maximum Gasteiger partial charge on any atom is 0.268 e. The highest BCUT2D eigenvalue weighted by atomic mass is 16.5. The normalized spacial score (nSPS) is 20.2. The van der Waals surface area contributed by atoms with Crippen molar-refractivity contribution in [1.82, 2.24) is 9.88 Å². The van der Waals surface area contributed by atoms with Crippen LogP contribution in [0.15, 0.2) is 51.5 Å². The number of fused-ring (bicyclic) bond motifs is 1. The highest BCUT2D eigenvalue weighted by Gasteiger charge is 2.22. The van der Waals surface area contributed by atoms with Crippen molar-refractivity contribution < 1.29 is 4.74 Å². The molecule has 35 heavy (non-hydrogen) atoms. The molecular weight excluding hydrogens is 436 g/mol. The van der Waals surface area contributed by atoms with Crippen LogP contribution in [0.1, 0.15) is 75.6 Å². The Bertz CT molecular complexity index is 1350. The molecule has 1 aliphatic carbocycles. The van der Waals surface area contributed by atoms with Gasteiger partial charge in [0.1, 0.15) is 11.3 Å². The third-order valence-corrected chi connectivity index (χ3v) is 7.21. The van der Waals surface area contributed by atoms with Gasteiger partial charge >= 0.3 is 0 Å². The summed E-state index contributed by atoms with van der Waals surface area (Å²) in [6.07, 6.45) is 8.28. The first-order valence-corrected chi connectivity index (χ1v) is 12.9. The molecule has 1 unspecified atom stereocenters. The Morgan fingerprint density at radius 2 is 2.03 bits per heavy atom. The van der Waals surface area contributed by atoms with E-state index in [4.69, 9.17) is 9.73 Å². The minimum absolute atomic E-state index is 0.0214. The van der Waals surface area contributed by atoms with Crippen LogP contribution in [0.4, 0.5) is 5.69 Å². The van der Waals surface area contributed by atoms with Crippen molar-refractivity contribution in [2.24, 2.45) is 4.99 Å². The second-order valence-electron chi connectivity index (χ2n) is 9.46. The van der Waals surface area contributed by atoms with Crippen molar-refractivity contribution in [2.75, 3.05) is 25.0 Å². The summed E-state index contributed by atoms with van der Waals surface area (Å²) in [6, 6.07) is 10.5. The molecule has 6 nitrogen and oxygen atoms in total. The summed E-state index contributed by atoms with van der Waals surface area (Å²) in [7, 11) is 0. The molecule has 2 N–H and O–H groups in total. The van der Waals surface area contributed by atoms with Crippen LogP contribution in [-0.4, -0.2) is 24.3 Å². The second kappa shape index (κ2) is 10.6. The number of allylic oxidation sites excluding steroid dienone is 1. The molecule has 1 atom stereocenters. The minimum Gasteiger partial charge on any atom is -0.371 e. The Labute approximate surface area is 206 Å². The van der Waals surface area contributed by atoms with Crippen molar-refractivity contribution in [2.45, 2.75) is 64.5 Å². The van der Waals surface area contributed by atoms with E-state index in [1.54, 1.807) is 6.92 Å². The molecule has 1 aromatic heterocycles. The number of nitrogens with zero attached hydrogens (tertiary/aromatic N) is 2. The van der Waals surface area contributed by atoms with E-state index >= 15 is 0 Å². The molecular formula is C29H34N4O2. The molecule has 0 bridgehead atoms. The fourth-order valence-corrected chi connectivity index (χ4v) is 5.28. The van der Waals surface area contributed by atoms with Crippen LogP contribution in [0.2, 0.25) is 0 Å². The Morgan fingerprint density at radius 3 is 2.71 bits per heavy atom. The topological polar surface area (TPSA) is 67.7 Å². The van der Waals surface area contributed by atoms with Gasteiger partial charge in [0, 0.05) is 30.0 Å². The lowest BCUT2D eigenvalue weighted by atomic mass is 10.1. The molecule has 6 heteroatoms. The monoisotopic (exact) mass is 470 g/mol. The summed E-state index contributed by atoms with van der Waals surface area (Å²) in [5.41, 5.74) is 4.67. The Kier molecular flexibility index (Phi) is 7.17. The van der Waals surface area contributed by atoms with E-state index in [1.165, 1.54) is 11.1 Å². The molecule has 1 aromatic carbocycles. The quantitative estimate of drug-likeness (QED) is 0.656. The van der Waals surface area contributed by atoms with E-state index in [2.05, 4.69) is 59.7 Å². The fourth-order valence-electron chi connectivity index (χ4n) is 5.28. The Morgan fingerprint density at radius 1 is 1.23 bits per heavy atom. The molecule has 5 rings (SSSR count). The molecule has 1 saturated carbocycles. The van der Waals surface area contributed by atoms with Gasteiger partial charge < -0.3 is 15.4 Å². The third kappa shape index (κ3) is 4.98. The predicted octanol–water partition coefficient (Wildman–Crippen LogP) is 3.53. The number of ether oxygens (including phenoxy) is 1. The van der Waals surface area contributed by atoms with Gasteiger partial charge in [-0.15, -0.1) is 5.92 Å². The van der Waals surface area contributed by atoms with Crippen LogP contribution in [-0.2, 0) is 4.74 Å². The number of morpholine rings is 1. The van der Waals surface area contributed by atoms with Crippen molar-refractivity contribution in [1.29, 1.82) is 0 Å². The molecule has 1 saturated heterocycles. The summed E-state index contributed by atoms with van der Waals surface area (Å²) < 4.78 is 7.81. The summed E-state index contributed by atoms with van der Waals surface area (Å²) >= 11 is 0. The van der Waals surface area contributed by atoms with Crippen molar-refractivity contribution in [3.8, 4) is 11.8 Å². The molecule has 3 aliphatic rings. The number of hydrogen-bond donors (Lipinski definition) is 2.